The smallest absolute Gasteiger partial charge is 0.311 e. The van der Waals surface area contributed by atoms with E-state index in [-0.39, 0.29) is 22.6 Å². The van der Waals surface area contributed by atoms with Gasteiger partial charge in [0, 0.05) is 23.0 Å². The van der Waals surface area contributed by atoms with Crippen LogP contribution in [-0.2, 0) is 0 Å². The maximum Gasteiger partial charge on any atom is 0.311 e. The van der Waals surface area contributed by atoms with Crippen LogP contribution in [0, 0.1) is 17.0 Å². The molecule has 108 valence electrons. The number of hydrogen-bond donors (Lipinski definition) is 1. The molecule has 7 heteroatoms. The lowest BCUT2D eigenvalue weighted by Crippen LogP contribution is -2.02. The molecular weight excluding hydrogens is 338 g/mol. The molecule has 0 aliphatic rings. The zero-order valence-corrected chi connectivity index (χ0v) is 12.8. The number of aryl methyl sites for hydroxylation is 1. The lowest BCUT2D eigenvalue weighted by molar-refractivity contribution is -0.384. The standard InChI is InChI=1S/C14H12BrN3O3/c1-9-2-7-12(18(20)21)14(16-9)17-11-5-3-10(4-6-11)13(19)8-15/h2-7H,8H2,1H3,(H,16,17). The predicted molar refractivity (Wildman–Crippen MR) is 83.5 cm³/mol. The van der Waals surface area contributed by atoms with Gasteiger partial charge < -0.3 is 5.32 Å². The number of Topliss-reactive ketones (excluding diaryl/α,β-unsaturated/α-hetero) is 1. The van der Waals surface area contributed by atoms with Crippen LogP contribution in [0.25, 0.3) is 0 Å². The summed E-state index contributed by atoms with van der Waals surface area (Å²) in [7, 11) is 0. The van der Waals surface area contributed by atoms with E-state index in [9.17, 15) is 14.9 Å². The quantitative estimate of drug-likeness (QED) is 0.385. The van der Waals surface area contributed by atoms with Gasteiger partial charge in [0.15, 0.2) is 5.78 Å². The van der Waals surface area contributed by atoms with E-state index in [4.69, 9.17) is 0 Å². The first kappa shape index (κ1) is 15.1. The molecule has 0 spiro atoms. The summed E-state index contributed by atoms with van der Waals surface area (Å²) in [5.74, 6) is 0.153. The van der Waals surface area contributed by atoms with Crippen LogP contribution in [0.1, 0.15) is 16.1 Å². The fourth-order valence-electron chi connectivity index (χ4n) is 1.74. The summed E-state index contributed by atoms with van der Waals surface area (Å²) >= 11 is 3.11. The van der Waals surface area contributed by atoms with Gasteiger partial charge in [0.25, 0.3) is 0 Å². The number of anilines is 2. The number of carbonyl (C=O) groups is 1. The molecule has 0 atom stereocenters. The summed E-state index contributed by atoms with van der Waals surface area (Å²) < 4.78 is 0. The lowest BCUT2D eigenvalue weighted by atomic mass is 10.1. The van der Waals surface area contributed by atoms with Gasteiger partial charge in [-0.05, 0) is 37.3 Å². The van der Waals surface area contributed by atoms with Crippen LogP contribution in [0.5, 0.6) is 0 Å². The van der Waals surface area contributed by atoms with Gasteiger partial charge in [0.2, 0.25) is 5.82 Å². The molecular formula is C14H12BrN3O3. The van der Waals surface area contributed by atoms with Crippen molar-refractivity contribution in [2.24, 2.45) is 0 Å². The summed E-state index contributed by atoms with van der Waals surface area (Å²) in [5, 5.41) is 14.1. The molecule has 21 heavy (non-hydrogen) atoms. The number of carbonyl (C=O) groups excluding carboxylic acids is 1. The third kappa shape index (κ3) is 3.63. The Morgan fingerprint density at radius 1 is 1.29 bits per heavy atom. The molecule has 0 bridgehead atoms. The molecule has 0 aliphatic heterocycles. The summed E-state index contributed by atoms with van der Waals surface area (Å²) in [6, 6.07) is 9.68. The number of halogens is 1. The minimum Gasteiger partial charge on any atom is -0.334 e. The van der Waals surface area contributed by atoms with Crippen molar-refractivity contribution < 1.29 is 9.72 Å². The molecule has 1 N–H and O–H groups in total. The Morgan fingerprint density at radius 3 is 2.52 bits per heavy atom. The largest absolute Gasteiger partial charge is 0.334 e. The van der Waals surface area contributed by atoms with E-state index < -0.39 is 4.92 Å². The van der Waals surface area contributed by atoms with E-state index in [0.717, 1.165) is 0 Å². The van der Waals surface area contributed by atoms with Gasteiger partial charge in [0.05, 0.1) is 10.3 Å². The Morgan fingerprint density at radius 2 is 1.95 bits per heavy atom. The number of hydrogen-bond acceptors (Lipinski definition) is 5. The van der Waals surface area contributed by atoms with E-state index in [2.05, 4.69) is 26.2 Å². The van der Waals surface area contributed by atoms with Crippen molar-refractivity contribution >= 4 is 38.9 Å². The minimum atomic E-state index is -0.489. The Kier molecular flexibility index (Phi) is 4.64. The number of ketones is 1. The highest BCUT2D eigenvalue weighted by molar-refractivity contribution is 9.09. The molecule has 0 radical (unpaired) electrons. The third-order valence-corrected chi connectivity index (χ3v) is 3.31. The average molecular weight is 350 g/mol. The SMILES string of the molecule is Cc1ccc([N+](=O)[O-])c(Nc2ccc(C(=O)CBr)cc2)n1. The number of rotatable bonds is 5. The topological polar surface area (TPSA) is 85.1 Å². The number of alkyl halides is 1. The molecule has 6 nitrogen and oxygen atoms in total. The van der Waals surface area contributed by atoms with Crippen LogP contribution >= 0.6 is 15.9 Å². The van der Waals surface area contributed by atoms with Crippen LogP contribution in [0.4, 0.5) is 17.2 Å². The second-order valence-corrected chi connectivity index (χ2v) is 4.90. The third-order valence-electron chi connectivity index (χ3n) is 2.80. The minimum absolute atomic E-state index is 0.0267. The van der Waals surface area contributed by atoms with Crippen molar-refractivity contribution in [1.29, 1.82) is 0 Å². The van der Waals surface area contributed by atoms with Crippen molar-refractivity contribution in [3.63, 3.8) is 0 Å². The highest BCUT2D eigenvalue weighted by atomic mass is 79.9. The Labute approximate surface area is 129 Å². The fourth-order valence-corrected chi connectivity index (χ4v) is 2.07. The van der Waals surface area contributed by atoms with E-state index >= 15 is 0 Å². The fraction of sp³-hybridized carbons (Fsp3) is 0.143. The zero-order chi connectivity index (χ0) is 15.4. The molecule has 0 aliphatic carbocycles. The molecule has 2 rings (SSSR count). The van der Waals surface area contributed by atoms with Crippen molar-refractivity contribution in [1.82, 2.24) is 4.98 Å². The normalized spacial score (nSPS) is 10.2. The van der Waals surface area contributed by atoms with Crippen LogP contribution in [0.2, 0.25) is 0 Å². The molecule has 1 aromatic heterocycles. The monoisotopic (exact) mass is 349 g/mol. The van der Waals surface area contributed by atoms with Gasteiger partial charge >= 0.3 is 5.69 Å². The molecule has 1 aromatic carbocycles. The number of benzene rings is 1. The Hall–Kier alpha value is -2.28. The van der Waals surface area contributed by atoms with E-state index in [1.165, 1.54) is 6.07 Å². The van der Waals surface area contributed by atoms with Crippen molar-refractivity contribution in [2.45, 2.75) is 6.92 Å². The van der Waals surface area contributed by atoms with Gasteiger partial charge in [-0.3, -0.25) is 14.9 Å². The molecule has 0 unspecified atom stereocenters. The number of pyridine rings is 1. The van der Waals surface area contributed by atoms with Crippen LogP contribution < -0.4 is 5.32 Å². The van der Waals surface area contributed by atoms with Gasteiger partial charge in [-0.1, -0.05) is 15.9 Å². The van der Waals surface area contributed by atoms with Gasteiger partial charge in [-0.2, -0.15) is 0 Å². The second kappa shape index (κ2) is 6.45. The summed E-state index contributed by atoms with van der Waals surface area (Å²) in [6.45, 7) is 1.76. The summed E-state index contributed by atoms with van der Waals surface area (Å²) in [4.78, 5) is 26.1. The first-order valence-electron chi connectivity index (χ1n) is 6.09. The average Bonchev–Trinajstić information content (AvgIpc) is 2.47. The van der Waals surface area contributed by atoms with Gasteiger partial charge in [-0.15, -0.1) is 0 Å². The second-order valence-electron chi connectivity index (χ2n) is 4.34. The Bertz CT molecular complexity index is 686. The predicted octanol–water partition coefficient (Wildman–Crippen LogP) is 3.62. The summed E-state index contributed by atoms with van der Waals surface area (Å²) in [5.41, 5.74) is 1.78. The molecule has 0 saturated carbocycles. The Balaban J connectivity index is 2.28. The first-order chi connectivity index (χ1) is 10.0. The number of aromatic nitrogens is 1. The first-order valence-corrected chi connectivity index (χ1v) is 7.21. The van der Waals surface area contributed by atoms with Crippen molar-refractivity contribution in [3.05, 3.63) is 57.8 Å². The van der Waals surface area contributed by atoms with E-state index in [1.807, 2.05) is 0 Å². The molecule has 0 saturated heterocycles. The highest BCUT2D eigenvalue weighted by Crippen LogP contribution is 2.25. The number of nitrogens with one attached hydrogen (secondary N) is 1. The maximum atomic E-state index is 11.5. The van der Waals surface area contributed by atoms with Gasteiger partial charge in [0.1, 0.15) is 0 Å². The van der Waals surface area contributed by atoms with E-state index in [1.54, 1.807) is 37.3 Å². The van der Waals surface area contributed by atoms with Crippen LogP contribution in [0.3, 0.4) is 0 Å². The number of nitrogens with zero attached hydrogens (tertiary/aromatic N) is 2. The van der Waals surface area contributed by atoms with Crippen molar-refractivity contribution in [2.75, 3.05) is 10.6 Å². The zero-order valence-electron chi connectivity index (χ0n) is 11.2. The van der Waals surface area contributed by atoms with Crippen LogP contribution in [-0.4, -0.2) is 21.0 Å². The number of nitro groups is 1. The van der Waals surface area contributed by atoms with Crippen LogP contribution in [0.15, 0.2) is 36.4 Å². The lowest BCUT2D eigenvalue weighted by Gasteiger charge is -2.07. The van der Waals surface area contributed by atoms with Gasteiger partial charge in [-0.25, -0.2) is 4.98 Å². The van der Waals surface area contributed by atoms with Crippen molar-refractivity contribution in [3.8, 4) is 0 Å². The molecule has 1 heterocycles. The molecule has 0 amide bonds. The molecule has 0 fully saturated rings. The van der Waals surface area contributed by atoms with E-state index in [0.29, 0.717) is 16.9 Å². The highest BCUT2D eigenvalue weighted by Gasteiger charge is 2.15. The molecule has 2 aromatic rings. The maximum absolute atomic E-state index is 11.5. The summed E-state index contributed by atoms with van der Waals surface area (Å²) in [6.07, 6.45) is 0.